The van der Waals surface area contributed by atoms with Crippen LogP contribution in [0.4, 0.5) is 0 Å². The number of H-pyrrole nitrogens is 1. The molecule has 1 aliphatic rings. The monoisotopic (exact) mass is 271 g/mol. The Hall–Kier alpha value is -1.32. The Balaban J connectivity index is 1.81. The van der Waals surface area contributed by atoms with E-state index in [9.17, 15) is 0 Å². The highest BCUT2D eigenvalue weighted by Crippen LogP contribution is 2.24. The Bertz CT molecular complexity index is 573. The van der Waals surface area contributed by atoms with Gasteiger partial charge in [0.05, 0.1) is 0 Å². The zero-order valence-corrected chi connectivity index (χ0v) is 12.6. The number of nitrogens with zero attached hydrogens (tertiary/aromatic N) is 1. The lowest BCUT2D eigenvalue weighted by atomic mass is 10.0. The number of benzene rings is 1. The summed E-state index contributed by atoms with van der Waals surface area (Å²) in [5.41, 5.74) is 4.18. The molecular formula is C17H25N3. The minimum atomic E-state index is 0.653. The van der Waals surface area contributed by atoms with Crippen molar-refractivity contribution in [3.63, 3.8) is 0 Å². The number of piperidine rings is 1. The predicted octanol–water partition coefficient (Wildman–Crippen LogP) is 2.91. The quantitative estimate of drug-likeness (QED) is 0.896. The van der Waals surface area contributed by atoms with Crippen LogP contribution in [0.5, 0.6) is 0 Å². The molecule has 1 saturated heterocycles. The van der Waals surface area contributed by atoms with Gasteiger partial charge in [-0.2, -0.15) is 0 Å². The van der Waals surface area contributed by atoms with E-state index in [1.54, 1.807) is 0 Å². The highest BCUT2D eigenvalue weighted by Gasteiger charge is 2.19. The van der Waals surface area contributed by atoms with Gasteiger partial charge in [0, 0.05) is 36.2 Å². The first-order valence-electron chi connectivity index (χ1n) is 7.79. The average Bonchev–Trinajstić information content (AvgIpc) is 2.90. The number of hydrogen-bond donors (Lipinski definition) is 2. The fraction of sp³-hybridized carbons (Fsp3) is 0.529. The summed E-state index contributed by atoms with van der Waals surface area (Å²) in [7, 11) is 2.08. The minimum Gasteiger partial charge on any atom is -0.361 e. The smallest absolute Gasteiger partial charge is 0.0489 e. The molecule has 0 spiro atoms. The third kappa shape index (κ3) is 2.60. The van der Waals surface area contributed by atoms with Gasteiger partial charge in [0.25, 0.3) is 0 Å². The standard InChI is InChI=1S/C17H25N3/c1-3-13-6-4-8-16-14(10-19-17(13)16)11-20-9-5-7-15(12-20)18-2/h4,6,8,10,15,18-19H,3,5,7,9,11-12H2,1-2H3. The fourth-order valence-electron chi connectivity index (χ4n) is 3.38. The van der Waals surface area contributed by atoms with Crippen molar-refractivity contribution < 1.29 is 0 Å². The van der Waals surface area contributed by atoms with E-state index in [2.05, 4.69) is 53.6 Å². The van der Waals surface area contributed by atoms with Crippen molar-refractivity contribution in [2.24, 2.45) is 0 Å². The van der Waals surface area contributed by atoms with Crippen molar-refractivity contribution in [2.75, 3.05) is 20.1 Å². The second-order valence-corrected chi connectivity index (χ2v) is 5.87. The van der Waals surface area contributed by atoms with Gasteiger partial charge in [-0.15, -0.1) is 0 Å². The Morgan fingerprint density at radius 3 is 3.05 bits per heavy atom. The molecule has 2 aromatic rings. The molecule has 108 valence electrons. The highest BCUT2D eigenvalue weighted by atomic mass is 15.2. The van der Waals surface area contributed by atoms with Crippen LogP contribution in [0.15, 0.2) is 24.4 Å². The van der Waals surface area contributed by atoms with Gasteiger partial charge in [-0.3, -0.25) is 4.90 Å². The SMILES string of the molecule is CCc1cccc2c(CN3CCCC(NC)C3)c[nH]c12. The van der Waals surface area contributed by atoms with E-state index in [4.69, 9.17) is 0 Å². The molecule has 1 unspecified atom stereocenters. The number of likely N-dealkylation sites (N-methyl/N-ethyl adjacent to an activating group) is 1. The minimum absolute atomic E-state index is 0.653. The number of nitrogens with one attached hydrogen (secondary N) is 2. The molecule has 1 aromatic carbocycles. The number of rotatable bonds is 4. The number of aromatic nitrogens is 1. The Labute approximate surface area is 121 Å². The molecule has 20 heavy (non-hydrogen) atoms. The van der Waals surface area contributed by atoms with Crippen LogP contribution in [-0.4, -0.2) is 36.1 Å². The van der Waals surface area contributed by atoms with Gasteiger partial charge in [-0.05, 0) is 44.0 Å². The summed E-state index contributed by atoms with van der Waals surface area (Å²) in [6, 6.07) is 7.31. The summed E-state index contributed by atoms with van der Waals surface area (Å²) in [4.78, 5) is 6.06. The van der Waals surface area contributed by atoms with Crippen LogP contribution >= 0.6 is 0 Å². The van der Waals surface area contributed by atoms with Gasteiger partial charge in [0.2, 0.25) is 0 Å². The summed E-state index contributed by atoms with van der Waals surface area (Å²) < 4.78 is 0. The van der Waals surface area contributed by atoms with E-state index in [0.717, 1.165) is 19.5 Å². The topological polar surface area (TPSA) is 31.1 Å². The molecule has 3 heteroatoms. The number of aromatic amines is 1. The molecule has 0 aliphatic carbocycles. The summed E-state index contributed by atoms with van der Waals surface area (Å²) in [5, 5.41) is 4.82. The number of likely N-dealkylation sites (tertiary alicyclic amines) is 1. The maximum absolute atomic E-state index is 3.48. The molecule has 2 heterocycles. The molecule has 3 rings (SSSR count). The van der Waals surface area contributed by atoms with E-state index < -0.39 is 0 Å². The molecule has 0 bridgehead atoms. The van der Waals surface area contributed by atoms with Gasteiger partial charge in [0.15, 0.2) is 0 Å². The van der Waals surface area contributed by atoms with Crippen molar-refractivity contribution in [3.8, 4) is 0 Å². The van der Waals surface area contributed by atoms with E-state index in [1.807, 2.05) is 0 Å². The number of fused-ring (bicyclic) bond motifs is 1. The van der Waals surface area contributed by atoms with Crippen LogP contribution in [-0.2, 0) is 13.0 Å². The van der Waals surface area contributed by atoms with Crippen LogP contribution in [0.2, 0.25) is 0 Å². The predicted molar refractivity (Wildman–Crippen MR) is 85.0 cm³/mol. The molecule has 1 fully saturated rings. The van der Waals surface area contributed by atoms with Gasteiger partial charge in [0.1, 0.15) is 0 Å². The van der Waals surface area contributed by atoms with Crippen LogP contribution in [0, 0.1) is 0 Å². The Morgan fingerprint density at radius 2 is 2.25 bits per heavy atom. The van der Waals surface area contributed by atoms with Gasteiger partial charge in [-0.1, -0.05) is 25.1 Å². The van der Waals surface area contributed by atoms with Crippen LogP contribution < -0.4 is 5.32 Å². The molecule has 2 N–H and O–H groups in total. The Morgan fingerprint density at radius 1 is 1.35 bits per heavy atom. The largest absolute Gasteiger partial charge is 0.361 e. The molecule has 1 aliphatic heterocycles. The van der Waals surface area contributed by atoms with Crippen LogP contribution in [0.1, 0.15) is 30.9 Å². The summed E-state index contributed by atoms with van der Waals surface area (Å²) in [5.74, 6) is 0. The van der Waals surface area contributed by atoms with E-state index >= 15 is 0 Å². The molecular weight excluding hydrogens is 246 g/mol. The molecule has 1 aromatic heterocycles. The van der Waals surface area contributed by atoms with Gasteiger partial charge < -0.3 is 10.3 Å². The number of aryl methyl sites for hydroxylation is 1. The summed E-state index contributed by atoms with van der Waals surface area (Å²) >= 11 is 0. The summed E-state index contributed by atoms with van der Waals surface area (Å²) in [6.45, 7) is 5.66. The first-order valence-corrected chi connectivity index (χ1v) is 7.79. The van der Waals surface area contributed by atoms with Crippen molar-refractivity contribution in [1.29, 1.82) is 0 Å². The fourth-order valence-corrected chi connectivity index (χ4v) is 3.38. The molecule has 1 atom stereocenters. The van der Waals surface area contributed by atoms with E-state index in [0.29, 0.717) is 6.04 Å². The van der Waals surface area contributed by atoms with Gasteiger partial charge in [-0.25, -0.2) is 0 Å². The molecule has 0 saturated carbocycles. The van der Waals surface area contributed by atoms with Crippen LogP contribution in [0.25, 0.3) is 10.9 Å². The lowest BCUT2D eigenvalue weighted by Crippen LogP contribution is -2.43. The summed E-state index contributed by atoms with van der Waals surface area (Å²) in [6.07, 6.45) is 5.89. The maximum Gasteiger partial charge on any atom is 0.0489 e. The van der Waals surface area contributed by atoms with Crippen molar-refractivity contribution in [2.45, 2.75) is 38.8 Å². The number of para-hydroxylation sites is 1. The molecule has 0 radical (unpaired) electrons. The van der Waals surface area contributed by atoms with Crippen molar-refractivity contribution >= 4 is 10.9 Å². The van der Waals surface area contributed by atoms with Crippen molar-refractivity contribution in [1.82, 2.24) is 15.2 Å². The highest BCUT2D eigenvalue weighted by molar-refractivity contribution is 5.86. The normalized spacial score (nSPS) is 20.6. The third-order valence-corrected chi connectivity index (χ3v) is 4.58. The molecule has 3 nitrogen and oxygen atoms in total. The maximum atomic E-state index is 3.48. The zero-order valence-electron chi connectivity index (χ0n) is 12.6. The third-order valence-electron chi connectivity index (χ3n) is 4.58. The van der Waals surface area contributed by atoms with Crippen LogP contribution in [0.3, 0.4) is 0 Å². The molecule has 0 amide bonds. The van der Waals surface area contributed by atoms with Crippen molar-refractivity contribution in [3.05, 3.63) is 35.5 Å². The zero-order chi connectivity index (χ0) is 13.9. The lowest BCUT2D eigenvalue weighted by molar-refractivity contribution is 0.188. The van der Waals surface area contributed by atoms with Gasteiger partial charge >= 0.3 is 0 Å². The second kappa shape index (κ2) is 5.98. The number of hydrogen-bond acceptors (Lipinski definition) is 2. The lowest BCUT2D eigenvalue weighted by Gasteiger charge is -2.32. The van der Waals surface area contributed by atoms with E-state index in [1.165, 1.54) is 41.4 Å². The average molecular weight is 271 g/mol. The second-order valence-electron chi connectivity index (χ2n) is 5.87. The first kappa shape index (κ1) is 13.7. The van der Waals surface area contributed by atoms with E-state index in [-0.39, 0.29) is 0 Å². The Kier molecular flexibility index (Phi) is 4.08. The first-order chi connectivity index (χ1) is 9.81.